The normalized spacial score (nSPS) is 10.3. The summed E-state index contributed by atoms with van der Waals surface area (Å²) in [5, 5.41) is 5.89. The SMILES string of the molecule is NC(=S)c1c(Cl)cccc1NCCc1cscn1. The summed E-state index contributed by atoms with van der Waals surface area (Å²) in [6.45, 7) is 0.764. The fourth-order valence-corrected chi connectivity index (χ4v) is 2.75. The highest BCUT2D eigenvalue weighted by atomic mass is 35.5. The molecule has 0 unspecified atom stereocenters. The lowest BCUT2D eigenvalue weighted by Gasteiger charge is -2.12. The summed E-state index contributed by atoms with van der Waals surface area (Å²) in [4.78, 5) is 4.53. The van der Waals surface area contributed by atoms with Crippen molar-refractivity contribution >= 4 is 45.8 Å². The Morgan fingerprint density at radius 3 is 3.00 bits per heavy atom. The molecule has 0 fully saturated rings. The highest BCUT2D eigenvalue weighted by Crippen LogP contribution is 2.24. The zero-order chi connectivity index (χ0) is 13.0. The van der Waals surface area contributed by atoms with Gasteiger partial charge in [-0.1, -0.05) is 29.9 Å². The van der Waals surface area contributed by atoms with Gasteiger partial charge in [0.05, 0.1) is 21.8 Å². The van der Waals surface area contributed by atoms with Crippen LogP contribution in [0.2, 0.25) is 5.02 Å². The van der Waals surface area contributed by atoms with Gasteiger partial charge >= 0.3 is 0 Å². The molecule has 0 amide bonds. The zero-order valence-electron chi connectivity index (χ0n) is 9.52. The van der Waals surface area contributed by atoms with E-state index in [4.69, 9.17) is 29.6 Å². The van der Waals surface area contributed by atoms with Crippen LogP contribution in [-0.4, -0.2) is 16.5 Å². The van der Waals surface area contributed by atoms with Crippen LogP contribution in [0, 0.1) is 0 Å². The van der Waals surface area contributed by atoms with Crippen LogP contribution in [-0.2, 0) is 6.42 Å². The fraction of sp³-hybridized carbons (Fsp3) is 0.167. The molecular formula is C12H12ClN3S2. The lowest BCUT2D eigenvalue weighted by molar-refractivity contribution is 0.977. The number of hydrogen-bond donors (Lipinski definition) is 2. The third-order valence-electron chi connectivity index (χ3n) is 2.44. The van der Waals surface area contributed by atoms with Gasteiger partial charge in [0.2, 0.25) is 0 Å². The van der Waals surface area contributed by atoms with Crippen molar-refractivity contribution in [1.29, 1.82) is 0 Å². The molecular weight excluding hydrogens is 286 g/mol. The van der Waals surface area contributed by atoms with E-state index < -0.39 is 0 Å². The van der Waals surface area contributed by atoms with Crippen molar-refractivity contribution in [2.24, 2.45) is 5.73 Å². The molecule has 6 heteroatoms. The molecule has 0 radical (unpaired) electrons. The van der Waals surface area contributed by atoms with Gasteiger partial charge in [-0.05, 0) is 12.1 Å². The number of thiocarbonyl (C=S) groups is 1. The van der Waals surface area contributed by atoms with Crippen molar-refractivity contribution in [3.63, 3.8) is 0 Å². The molecule has 0 aliphatic rings. The summed E-state index contributed by atoms with van der Waals surface area (Å²) in [7, 11) is 0. The number of nitrogens with zero attached hydrogens (tertiary/aromatic N) is 1. The van der Waals surface area contributed by atoms with Crippen LogP contribution in [0.1, 0.15) is 11.3 Å². The Balaban J connectivity index is 2.05. The zero-order valence-corrected chi connectivity index (χ0v) is 11.9. The summed E-state index contributed by atoms with van der Waals surface area (Å²) in [6.07, 6.45) is 0.854. The summed E-state index contributed by atoms with van der Waals surface area (Å²) < 4.78 is 0. The Kier molecular flexibility index (Phi) is 4.52. The molecule has 0 spiro atoms. The first-order chi connectivity index (χ1) is 8.68. The first-order valence-electron chi connectivity index (χ1n) is 5.37. The Hall–Kier alpha value is -1.17. The van der Waals surface area contributed by atoms with E-state index in [9.17, 15) is 0 Å². The monoisotopic (exact) mass is 297 g/mol. The quantitative estimate of drug-likeness (QED) is 0.833. The van der Waals surface area contributed by atoms with Crippen molar-refractivity contribution in [3.05, 3.63) is 45.4 Å². The van der Waals surface area contributed by atoms with E-state index >= 15 is 0 Å². The van der Waals surface area contributed by atoms with Crippen LogP contribution in [0.15, 0.2) is 29.1 Å². The second kappa shape index (κ2) is 6.13. The Labute approximate surface area is 120 Å². The smallest absolute Gasteiger partial charge is 0.107 e. The van der Waals surface area contributed by atoms with Crippen molar-refractivity contribution in [3.8, 4) is 0 Å². The van der Waals surface area contributed by atoms with Crippen molar-refractivity contribution in [1.82, 2.24) is 4.98 Å². The van der Waals surface area contributed by atoms with Gasteiger partial charge in [0, 0.05) is 24.0 Å². The van der Waals surface area contributed by atoms with E-state index in [1.54, 1.807) is 17.4 Å². The molecule has 3 nitrogen and oxygen atoms in total. The lowest BCUT2D eigenvalue weighted by atomic mass is 10.1. The molecule has 0 atom stereocenters. The van der Waals surface area contributed by atoms with Crippen LogP contribution in [0.25, 0.3) is 0 Å². The second-order valence-corrected chi connectivity index (χ2v) is 5.25. The molecule has 0 aliphatic heterocycles. The summed E-state index contributed by atoms with van der Waals surface area (Å²) >= 11 is 12.7. The van der Waals surface area contributed by atoms with Gasteiger partial charge in [-0.25, -0.2) is 4.98 Å². The minimum absolute atomic E-state index is 0.303. The molecule has 1 heterocycles. The fourth-order valence-electron chi connectivity index (χ4n) is 1.61. The molecule has 94 valence electrons. The predicted molar refractivity (Wildman–Crippen MR) is 81.6 cm³/mol. The van der Waals surface area contributed by atoms with Gasteiger partial charge in [0.25, 0.3) is 0 Å². The highest BCUT2D eigenvalue weighted by molar-refractivity contribution is 7.80. The minimum Gasteiger partial charge on any atom is -0.389 e. The molecule has 2 aromatic rings. The maximum Gasteiger partial charge on any atom is 0.107 e. The Morgan fingerprint density at radius 2 is 2.33 bits per heavy atom. The molecule has 0 saturated carbocycles. The van der Waals surface area contributed by atoms with Crippen LogP contribution >= 0.6 is 35.2 Å². The van der Waals surface area contributed by atoms with Crippen LogP contribution in [0.5, 0.6) is 0 Å². The number of thiazole rings is 1. The number of rotatable bonds is 5. The van der Waals surface area contributed by atoms with Crippen LogP contribution in [0.3, 0.4) is 0 Å². The van der Waals surface area contributed by atoms with E-state index in [2.05, 4.69) is 10.3 Å². The predicted octanol–water partition coefficient (Wildman–Crippen LogP) is 3.09. The highest BCUT2D eigenvalue weighted by Gasteiger charge is 2.09. The molecule has 0 aliphatic carbocycles. The molecule has 0 bridgehead atoms. The second-order valence-electron chi connectivity index (χ2n) is 3.68. The van der Waals surface area contributed by atoms with E-state index in [1.807, 2.05) is 23.0 Å². The van der Waals surface area contributed by atoms with E-state index in [0.29, 0.717) is 15.6 Å². The van der Waals surface area contributed by atoms with Crippen molar-refractivity contribution in [2.45, 2.75) is 6.42 Å². The third kappa shape index (κ3) is 3.19. The van der Waals surface area contributed by atoms with Gasteiger partial charge in [-0.15, -0.1) is 11.3 Å². The van der Waals surface area contributed by atoms with Crippen LogP contribution < -0.4 is 11.1 Å². The molecule has 18 heavy (non-hydrogen) atoms. The topological polar surface area (TPSA) is 50.9 Å². The van der Waals surface area contributed by atoms with Gasteiger partial charge in [0.1, 0.15) is 4.99 Å². The standard InChI is InChI=1S/C12H12ClN3S2/c13-9-2-1-3-10(11(9)12(14)17)15-5-4-8-6-18-7-16-8/h1-3,6-7,15H,4-5H2,(H2,14,17). The summed E-state index contributed by atoms with van der Waals surface area (Å²) in [5.74, 6) is 0. The largest absolute Gasteiger partial charge is 0.389 e. The molecule has 2 rings (SSSR count). The molecule has 1 aromatic carbocycles. The van der Waals surface area contributed by atoms with Gasteiger partial charge in [0.15, 0.2) is 0 Å². The molecule has 1 aromatic heterocycles. The number of halogens is 1. The third-order valence-corrected chi connectivity index (χ3v) is 3.59. The Bertz CT molecular complexity index is 540. The number of nitrogens with two attached hydrogens (primary N) is 1. The first kappa shape index (κ1) is 13.3. The number of anilines is 1. The van der Waals surface area contributed by atoms with Gasteiger partial charge < -0.3 is 11.1 Å². The van der Waals surface area contributed by atoms with E-state index in [-0.39, 0.29) is 0 Å². The maximum atomic E-state index is 6.08. The number of hydrogen-bond acceptors (Lipinski definition) is 4. The van der Waals surface area contributed by atoms with E-state index in [0.717, 1.165) is 24.3 Å². The van der Waals surface area contributed by atoms with E-state index in [1.165, 1.54) is 0 Å². The van der Waals surface area contributed by atoms with Crippen LogP contribution in [0.4, 0.5) is 5.69 Å². The number of nitrogens with one attached hydrogen (secondary N) is 1. The minimum atomic E-state index is 0.303. The number of benzene rings is 1. The lowest BCUT2D eigenvalue weighted by Crippen LogP contribution is -2.15. The Morgan fingerprint density at radius 1 is 1.50 bits per heavy atom. The van der Waals surface area contributed by atoms with Gasteiger partial charge in [-0.3, -0.25) is 0 Å². The summed E-state index contributed by atoms with van der Waals surface area (Å²) in [6, 6.07) is 5.57. The average Bonchev–Trinajstić information content (AvgIpc) is 2.81. The first-order valence-corrected chi connectivity index (χ1v) is 7.10. The summed E-state index contributed by atoms with van der Waals surface area (Å²) in [5.41, 5.74) is 10.1. The molecule has 0 saturated heterocycles. The van der Waals surface area contributed by atoms with Crippen molar-refractivity contribution < 1.29 is 0 Å². The maximum absolute atomic E-state index is 6.08. The number of aromatic nitrogens is 1. The van der Waals surface area contributed by atoms with Crippen molar-refractivity contribution in [2.75, 3.05) is 11.9 Å². The molecule has 3 N–H and O–H groups in total. The average molecular weight is 298 g/mol. The van der Waals surface area contributed by atoms with Gasteiger partial charge in [-0.2, -0.15) is 0 Å².